The highest BCUT2D eigenvalue weighted by Gasteiger charge is 2.14. The molecule has 0 bridgehead atoms. The number of rotatable bonds is 3. The van der Waals surface area contributed by atoms with Gasteiger partial charge in [0.2, 0.25) is 0 Å². The van der Waals surface area contributed by atoms with Crippen molar-refractivity contribution in [1.82, 2.24) is 5.32 Å². The largest absolute Gasteiger partial charge is 0.346 e. The Morgan fingerprint density at radius 3 is 2.52 bits per heavy atom. The van der Waals surface area contributed by atoms with Crippen molar-refractivity contribution in [3.8, 4) is 0 Å². The summed E-state index contributed by atoms with van der Waals surface area (Å²) in [6.45, 7) is 6.00. The summed E-state index contributed by atoms with van der Waals surface area (Å²) in [6.07, 6.45) is 0. The highest BCUT2D eigenvalue weighted by Crippen LogP contribution is 2.20. The van der Waals surface area contributed by atoms with Crippen LogP contribution in [0.2, 0.25) is 0 Å². The normalized spacial score (nSPS) is 12.0. The lowest BCUT2D eigenvalue weighted by molar-refractivity contribution is 0.0939. The van der Waals surface area contributed by atoms with Gasteiger partial charge >= 0.3 is 0 Å². The van der Waals surface area contributed by atoms with Crippen LogP contribution in [0, 0.1) is 19.7 Å². The van der Waals surface area contributed by atoms with Crippen molar-refractivity contribution in [2.75, 3.05) is 0 Å². The quantitative estimate of drug-likeness (QED) is 0.855. The molecule has 0 saturated heterocycles. The van der Waals surface area contributed by atoms with Crippen molar-refractivity contribution in [3.05, 3.63) is 68.9 Å². The van der Waals surface area contributed by atoms with E-state index in [0.29, 0.717) is 5.56 Å². The van der Waals surface area contributed by atoms with Gasteiger partial charge in [0.05, 0.1) is 10.5 Å². The van der Waals surface area contributed by atoms with Crippen molar-refractivity contribution in [2.24, 2.45) is 0 Å². The van der Waals surface area contributed by atoms with Crippen molar-refractivity contribution in [1.29, 1.82) is 0 Å². The first-order chi connectivity index (χ1) is 9.88. The maximum absolute atomic E-state index is 13.2. The van der Waals surface area contributed by atoms with Gasteiger partial charge in [0.1, 0.15) is 5.82 Å². The molecule has 0 aliphatic carbocycles. The Hall–Kier alpha value is -1.68. The molecule has 1 N–H and O–H groups in total. The number of nitrogens with one attached hydrogen (secondary N) is 1. The summed E-state index contributed by atoms with van der Waals surface area (Å²) in [4.78, 5) is 12.2. The fourth-order valence-electron chi connectivity index (χ4n) is 2.31. The summed E-state index contributed by atoms with van der Waals surface area (Å²) in [5.41, 5.74) is 3.84. The van der Waals surface area contributed by atoms with Crippen molar-refractivity contribution >= 4 is 21.8 Å². The lowest BCUT2D eigenvalue weighted by Crippen LogP contribution is -2.27. The molecule has 21 heavy (non-hydrogen) atoms. The number of amides is 1. The zero-order chi connectivity index (χ0) is 15.6. The molecular formula is C17H17BrFNO. The number of halogens is 2. The zero-order valence-electron chi connectivity index (χ0n) is 12.2. The van der Waals surface area contributed by atoms with Crippen molar-refractivity contribution in [2.45, 2.75) is 26.8 Å². The maximum atomic E-state index is 13.2. The third-order valence-corrected chi connectivity index (χ3v) is 4.03. The van der Waals surface area contributed by atoms with Gasteiger partial charge < -0.3 is 5.32 Å². The van der Waals surface area contributed by atoms with Gasteiger partial charge in [0.25, 0.3) is 5.91 Å². The smallest absolute Gasteiger partial charge is 0.251 e. The van der Waals surface area contributed by atoms with E-state index < -0.39 is 0 Å². The molecule has 2 aromatic carbocycles. The van der Waals surface area contributed by atoms with Gasteiger partial charge in [0, 0.05) is 5.56 Å². The van der Waals surface area contributed by atoms with Gasteiger partial charge in [-0.2, -0.15) is 0 Å². The third-order valence-electron chi connectivity index (χ3n) is 3.42. The number of hydrogen-bond donors (Lipinski definition) is 1. The summed E-state index contributed by atoms with van der Waals surface area (Å²) in [7, 11) is 0. The minimum atomic E-state index is -0.381. The van der Waals surface area contributed by atoms with Crippen LogP contribution in [0.4, 0.5) is 4.39 Å². The van der Waals surface area contributed by atoms with Crippen LogP contribution >= 0.6 is 15.9 Å². The van der Waals surface area contributed by atoms with Gasteiger partial charge in [-0.1, -0.05) is 23.8 Å². The molecule has 0 aliphatic heterocycles. The first-order valence-electron chi connectivity index (χ1n) is 6.71. The van der Waals surface area contributed by atoms with E-state index in [4.69, 9.17) is 0 Å². The van der Waals surface area contributed by atoms with E-state index in [2.05, 4.69) is 27.3 Å². The average molecular weight is 350 g/mol. The lowest BCUT2D eigenvalue weighted by Gasteiger charge is -2.17. The first kappa shape index (κ1) is 15.7. The molecule has 4 heteroatoms. The summed E-state index contributed by atoms with van der Waals surface area (Å²) in [6, 6.07) is 10.3. The van der Waals surface area contributed by atoms with Crippen molar-refractivity contribution in [3.63, 3.8) is 0 Å². The minimum Gasteiger partial charge on any atom is -0.346 e. The first-order valence-corrected chi connectivity index (χ1v) is 7.51. The van der Waals surface area contributed by atoms with E-state index in [1.165, 1.54) is 23.8 Å². The average Bonchev–Trinajstić information content (AvgIpc) is 2.41. The summed E-state index contributed by atoms with van der Waals surface area (Å²) < 4.78 is 13.5. The molecule has 2 nitrogen and oxygen atoms in total. The number of carbonyl (C=O) groups excluding carboxylic acids is 1. The number of hydrogen-bond acceptors (Lipinski definition) is 1. The molecule has 110 valence electrons. The van der Waals surface area contributed by atoms with Crippen LogP contribution in [0.25, 0.3) is 0 Å². The van der Waals surface area contributed by atoms with Crippen molar-refractivity contribution < 1.29 is 9.18 Å². The number of benzene rings is 2. The second-order valence-electron chi connectivity index (χ2n) is 5.18. The van der Waals surface area contributed by atoms with Crippen LogP contribution in [0.3, 0.4) is 0 Å². The van der Waals surface area contributed by atoms with E-state index >= 15 is 0 Å². The molecule has 0 radical (unpaired) electrons. The highest BCUT2D eigenvalue weighted by atomic mass is 79.9. The van der Waals surface area contributed by atoms with E-state index in [1.54, 1.807) is 0 Å². The van der Waals surface area contributed by atoms with Crippen LogP contribution in [0.5, 0.6) is 0 Å². The topological polar surface area (TPSA) is 29.1 Å². The fourth-order valence-corrected chi connectivity index (χ4v) is 2.69. The van der Waals surface area contributed by atoms with Gasteiger partial charge in [-0.05, 0) is 66.0 Å². The second-order valence-corrected chi connectivity index (χ2v) is 6.04. The van der Waals surface area contributed by atoms with Gasteiger partial charge in [0.15, 0.2) is 0 Å². The molecular weight excluding hydrogens is 333 g/mol. The molecule has 1 amide bonds. The van der Waals surface area contributed by atoms with Crippen LogP contribution < -0.4 is 5.32 Å². The highest BCUT2D eigenvalue weighted by molar-refractivity contribution is 9.10. The summed E-state index contributed by atoms with van der Waals surface area (Å²) >= 11 is 3.09. The van der Waals surface area contributed by atoms with E-state index in [0.717, 1.165) is 11.1 Å². The predicted molar refractivity (Wildman–Crippen MR) is 85.9 cm³/mol. The van der Waals surface area contributed by atoms with Crippen LogP contribution in [-0.4, -0.2) is 5.91 Å². The molecule has 1 unspecified atom stereocenters. The van der Waals surface area contributed by atoms with Gasteiger partial charge in [-0.3, -0.25) is 4.79 Å². The number of carbonyl (C=O) groups is 1. The minimum absolute atomic E-state index is 0.109. The van der Waals surface area contributed by atoms with Gasteiger partial charge in [-0.25, -0.2) is 4.39 Å². The molecule has 0 spiro atoms. The lowest BCUT2D eigenvalue weighted by atomic mass is 10.00. The predicted octanol–water partition coefficient (Wildman–Crippen LogP) is 4.70. The van der Waals surface area contributed by atoms with Gasteiger partial charge in [-0.15, -0.1) is 0 Å². The molecule has 0 aromatic heterocycles. The fraction of sp³-hybridized carbons (Fsp3) is 0.235. The van der Waals surface area contributed by atoms with Crippen LogP contribution in [0.1, 0.15) is 40.0 Å². The molecule has 2 aromatic rings. The Morgan fingerprint density at radius 2 is 1.90 bits per heavy atom. The summed E-state index contributed by atoms with van der Waals surface area (Å²) in [5, 5.41) is 2.94. The van der Waals surface area contributed by atoms with E-state index in [9.17, 15) is 9.18 Å². The summed E-state index contributed by atoms with van der Waals surface area (Å²) in [5.74, 6) is -0.600. The third kappa shape index (κ3) is 3.70. The molecule has 0 heterocycles. The molecule has 0 saturated carbocycles. The van der Waals surface area contributed by atoms with E-state index in [1.807, 2.05) is 32.9 Å². The maximum Gasteiger partial charge on any atom is 0.251 e. The Labute approximate surface area is 132 Å². The Balaban J connectivity index is 2.16. The van der Waals surface area contributed by atoms with E-state index in [-0.39, 0.29) is 22.2 Å². The SMILES string of the molecule is Cc1ccc(C(C)NC(=O)c2ccc(F)c(Br)c2)c(C)c1. The Bertz CT molecular complexity index is 684. The molecule has 1 atom stereocenters. The zero-order valence-corrected chi connectivity index (χ0v) is 13.8. The standard InChI is InChI=1S/C17H17BrFNO/c1-10-4-6-14(11(2)8-10)12(3)20-17(21)13-5-7-16(19)15(18)9-13/h4-9,12H,1-3H3,(H,20,21). The monoisotopic (exact) mass is 349 g/mol. The number of aryl methyl sites for hydroxylation is 2. The Kier molecular flexibility index (Phi) is 4.78. The van der Waals surface area contributed by atoms with Crippen LogP contribution in [-0.2, 0) is 0 Å². The molecule has 2 rings (SSSR count). The van der Waals surface area contributed by atoms with Crippen LogP contribution in [0.15, 0.2) is 40.9 Å². The second kappa shape index (κ2) is 6.39. The molecule has 0 aliphatic rings. The molecule has 0 fully saturated rings. The Morgan fingerprint density at radius 1 is 1.19 bits per heavy atom.